The van der Waals surface area contributed by atoms with Crippen molar-refractivity contribution < 1.29 is 38.2 Å². The normalized spacial score (nSPS) is 15.9. The molecule has 3 N–H and O–H groups in total. The average molecular weight is 842 g/mol. The minimum atomic E-state index is -1.31. The van der Waals surface area contributed by atoms with E-state index in [-0.39, 0.29) is 31.8 Å². The highest BCUT2D eigenvalue weighted by Crippen LogP contribution is 2.40. The maximum Gasteiger partial charge on any atom is 0.326 e. The maximum atomic E-state index is 14.1. The third kappa shape index (κ3) is 8.54. The van der Waals surface area contributed by atoms with Gasteiger partial charge in [0.2, 0.25) is 12.0 Å². The van der Waals surface area contributed by atoms with Gasteiger partial charge in [-0.15, -0.1) is 0 Å². The van der Waals surface area contributed by atoms with E-state index >= 15 is 0 Å². The number of carbonyl (C=O) groups excluding carboxylic acids is 3. The van der Waals surface area contributed by atoms with Gasteiger partial charge in [0, 0.05) is 24.9 Å². The molecule has 2 aliphatic rings. The van der Waals surface area contributed by atoms with E-state index in [9.17, 15) is 24.3 Å². The van der Waals surface area contributed by atoms with Gasteiger partial charge in [-0.2, -0.15) is 5.26 Å². The molecule has 3 heterocycles. The lowest BCUT2D eigenvalue weighted by atomic mass is 9.91. The Kier molecular flexibility index (Phi) is 11.3. The average Bonchev–Trinajstić information content (AvgIpc) is 3.81. The van der Waals surface area contributed by atoms with Crippen LogP contribution in [0.3, 0.4) is 0 Å². The first kappa shape index (κ1) is 39.7. The number of aliphatic carboxylic acids is 1. The molecule has 0 fully saturated rings. The number of halogens is 2. The molecular formula is C46H34Cl2N4O8. The van der Waals surface area contributed by atoms with Gasteiger partial charge < -0.3 is 34.5 Å². The molecule has 0 bridgehead atoms. The quantitative estimate of drug-likeness (QED) is 0.116. The predicted molar refractivity (Wildman–Crippen MR) is 222 cm³/mol. The number of anilines is 1. The highest BCUT2D eigenvalue weighted by molar-refractivity contribution is 6.42. The molecule has 14 heteroatoms. The van der Waals surface area contributed by atoms with E-state index in [1.54, 1.807) is 78.9 Å². The van der Waals surface area contributed by atoms with Gasteiger partial charge in [0.15, 0.2) is 5.76 Å². The second-order valence-electron chi connectivity index (χ2n) is 14.3. The van der Waals surface area contributed by atoms with Crippen LogP contribution in [-0.2, 0) is 40.4 Å². The molecule has 0 saturated heterocycles. The molecule has 6 aromatic rings. The molecule has 3 atom stereocenters. The summed E-state index contributed by atoms with van der Waals surface area (Å²) in [6, 6.07) is 32.8. The lowest BCUT2D eigenvalue weighted by molar-refractivity contribution is -0.142. The smallest absolute Gasteiger partial charge is 0.326 e. The summed E-state index contributed by atoms with van der Waals surface area (Å²) < 4.78 is 17.6. The molecule has 2 unspecified atom stereocenters. The van der Waals surface area contributed by atoms with Gasteiger partial charge >= 0.3 is 5.97 Å². The summed E-state index contributed by atoms with van der Waals surface area (Å²) in [6.45, 7) is 0.232. The number of hydrogen-bond acceptors (Lipinski definition) is 8. The summed E-state index contributed by atoms with van der Waals surface area (Å²) in [5.41, 5.74) is 6.15. The van der Waals surface area contributed by atoms with Gasteiger partial charge in [-0.05, 0) is 94.0 Å². The number of fused-ring (bicyclic) bond motifs is 2. The van der Waals surface area contributed by atoms with Crippen molar-refractivity contribution >= 4 is 52.6 Å². The second-order valence-corrected chi connectivity index (χ2v) is 15.1. The number of benzene rings is 5. The third-order valence-electron chi connectivity index (χ3n) is 10.4. The molecule has 0 saturated carbocycles. The van der Waals surface area contributed by atoms with Gasteiger partial charge in [0.25, 0.3) is 11.8 Å². The molecular weight excluding hydrogens is 807 g/mol. The Morgan fingerprint density at radius 2 is 1.62 bits per heavy atom. The fraction of sp³-hybridized carbons (Fsp3) is 0.152. The Morgan fingerprint density at radius 3 is 2.28 bits per heavy atom. The highest BCUT2D eigenvalue weighted by Gasteiger charge is 2.39. The minimum Gasteiger partial charge on any atom is -0.489 e. The molecule has 2 aliphatic heterocycles. The second kappa shape index (κ2) is 17.0. The van der Waals surface area contributed by atoms with Crippen LogP contribution < -0.4 is 20.1 Å². The van der Waals surface area contributed by atoms with Crippen LogP contribution in [0.25, 0.3) is 11.1 Å². The summed E-state index contributed by atoms with van der Waals surface area (Å²) >= 11 is 12.1. The Hall–Kier alpha value is -7.07. The van der Waals surface area contributed by atoms with Crippen molar-refractivity contribution in [3.63, 3.8) is 0 Å². The van der Waals surface area contributed by atoms with Crippen LogP contribution in [0, 0.1) is 11.3 Å². The molecule has 0 spiro atoms. The standard InChI is InChI=1S/C46H34Cl2N4O8/c47-35-16-7-28(18-36(35)48)25-59-34-14-12-31(13-15-34)42-44(54)50-37-20-32-21-39(52(24-33(32)22-41(37)60-42)45(55)40-2-1-17-58-40)43(53)51-38(46(56)57)19-26-3-8-29(9-4-26)30-10-5-27(23-49)6-11-30/h1-18,20,22,38-39,42H,19,21,24-25H2,(H,50,54)(H,51,53)(H,56,57)/t38-,39?,42?/m0/s1. The summed E-state index contributed by atoms with van der Waals surface area (Å²) in [6.07, 6.45) is 0.378. The van der Waals surface area contributed by atoms with Crippen LogP contribution >= 0.6 is 23.2 Å². The van der Waals surface area contributed by atoms with Crippen molar-refractivity contribution in [2.24, 2.45) is 0 Å². The Bertz CT molecular complexity index is 2640. The van der Waals surface area contributed by atoms with Gasteiger partial charge in [0.1, 0.15) is 30.2 Å². The van der Waals surface area contributed by atoms with Gasteiger partial charge in [-0.1, -0.05) is 77.8 Å². The zero-order valence-electron chi connectivity index (χ0n) is 31.6. The van der Waals surface area contributed by atoms with Crippen LogP contribution in [0.1, 0.15) is 50.0 Å². The molecule has 300 valence electrons. The fourth-order valence-corrected chi connectivity index (χ4v) is 7.53. The molecule has 8 rings (SSSR count). The molecule has 0 aliphatic carbocycles. The first-order valence-corrected chi connectivity index (χ1v) is 19.6. The molecule has 60 heavy (non-hydrogen) atoms. The Morgan fingerprint density at radius 1 is 0.900 bits per heavy atom. The number of nitrogens with one attached hydrogen (secondary N) is 2. The van der Waals surface area contributed by atoms with Crippen LogP contribution in [-0.4, -0.2) is 45.8 Å². The fourth-order valence-electron chi connectivity index (χ4n) is 7.21. The van der Waals surface area contributed by atoms with E-state index in [2.05, 4.69) is 16.7 Å². The number of carbonyl (C=O) groups is 4. The van der Waals surface area contributed by atoms with Crippen molar-refractivity contribution in [1.29, 1.82) is 5.26 Å². The van der Waals surface area contributed by atoms with Crippen molar-refractivity contribution in [3.05, 3.63) is 171 Å². The van der Waals surface area contributed by atoms with Crippen molar-refractivity contribution in [2.75, 3.05) is 5.32 Å². The van der Waals surface area contributed by atoms with E-state index < -0.39 is 41.9 Å². The number of amides is 3. The van der Waals surface area contributed by atoms with Crippen molar-refractivity contribution in [3.8, 4) is 28.7 Å². The number of furan rings is 1. The minimum absolute atomic E-state index is 0.0133. The van der Waals surface area contributed by atoms with Crippen LogP contribution in [0.4, 0.5) is 5.69 Å². The molecule has 5 aromatic carbocycles. The lowest BCUT2D eigenvalue weighted by Crippen LogP contribution is -2.55. The summed E-state index contributed by atoms with van der Waals surface area (Å²) in [5, 5.41) is 25.8. The Labute approximate surface area is 353 Å². The number of carboxylic acids is 1. The summed E-state index contributed by atoms with van der Waals surface area (Å²) in [7, 11) is 0. The SMILES string of the molecule is N#Cc1ccc(-c2ccc(C[C@H](NC(=O)C3Cc4cc5c(cc4CN3C(=O)c3ccco3)OC(c3ccc(OCc4ccc(Cl)c(Cl)c4)cc3)C(=O)N5)C(=O)O)cc2)cc1. The zero-order chi connectivity index (χ0) is 41.9. The lowest BCUT2D eigenvalue weighted by Gasteiger charge is -2.37. The Balaban J connectivity index is 0.981. The first-order valence-electron chi connectivity index (χ1n) is 18.8. The largest absolute Gasteiger partial charge is 0.489 e. The van der Waals surface area contributed by atoms with Gasteiger partial charge in [-0.3, -0.25) is 14.4 Å². The summed E-state index contributed by atoms with van der Waals surface area (Å²) in [4.78, 5) is 55.1. The number of rotatable bonds is 11. The maximum absolute atomic E-state index is 14.1. The van der Waals surface area contributed by atoms with Crippen LogP contribution in [0.2, 0.25) is 10.0 Å². The van der Waals surface area contributed by atoms with Gasteiger partial charge in [-0.25, -0.2) is 4.79 Å². The summed E-state index contributed by atoms with van der Waals surface area (Å²) in [5.74, 6) is -1.90. The number of ether oxygens (including phenoxy) is 2. The van der Waals surface area contributed by atoms with Crippen molar-refractivity contribution in [2.45, 2.75) is 44.2 Å². The molecule has 12 nitrogen and oxygen atoms in total. The van der Waals surface area contributed by atoms with Crippen LogP contribution in [0.15, 0.2) is 126 Å². The first-order chi connectivity index (χ1) is 29.0. The van der Waals surface area contributed by atoms with Crippen molar-refractivity contribution in [1.82, 2.24) is 10.2 Å². The van der Waals surface area contributed by atoms with E-state index in [4.69, 9.17) is 42.4 Å². The van der Waals surface area contributed by atoms with E-state index in [1.165, 1.54) is 17.2 Å². The van der Waals surface area contributed by atoms with E-state index in [1.807, 2.05) is 30.3 Å². The predicted octanol–water partition coefficient (Wildman–Crippen LogP) is 8.16. The van der Waals surface area contributed by atoms with Gasteiger partial charge in [0.05, 0.1) is 33.6 Å². The molecule has 0 radical (unpaired) electrons. The topological polar surface area (TPSA) is 171 Å². The number of nitriles is 1. The number of hydrogen-bond donors (Lipinski definition) is 3. The zero-order valence-corrected chi connectivity index (χ0v) is 33.1. The molecule has 1 aromatic heterocycles. The third-order valence-corrected chi connectivity index (χ3v) is 11.1. The molecule has 3 amide bonds. The number of carboxylic acid groups (broad SMARTS) is 1. The number of nitrogens with zero attached hydrogens (tertiary/aromatic N) is 2. The van der Waals surface area contributed by atoms with E-state index in [0.717, 1.165) is 16.7 Å². The monoisotopic (exact) mass is 840 g/mol. The van der Waals surface area contributed by atoms with Crippen LogP contribution in [0.5, 0.6) is 11.5 Å². The van der Waals surface area contributed by atoms with E-state index in [0.29, 0.717) is 55.0 Å². The highest BCUT2D eigenvalue weighted by atomic mass is 35.5.